The Labute approximate surface area is 118 Å². The molecule has 20 heavy (non-hydrogen) atoms. The topological polar surface area (TPSA) is 91.7 Å². The van der Waals surface area contributed by atoms with E-state index in [1.54, 1.807) is 6.92 Å². The molecular weight excluding hydrogens is 260 g/mol. The monoisotopic (exact) mass is 282 g/mol. The Morgan fingerprint density at radius 3 is 2.65 bits per heavy atom. The highest BCUT2D eigenvalue weighted by Gasteiger charge is 2.23. The van der Waals surface area contributed by atoms with Crippen LogP contribution in [-0.2, 0) is 22.7 Å². The highest BCUT2D eigenvalue weighted by molar-refractivity contribution is 5.75. The summed E-state index contributed by atoms with van der Waals surface area (Å²) in [5.41, 5.74) is 1.57. The number of hydrogen-bond acceptors (Lipinski definition) is 6. The molecule has 6 heteroatoms. The fourth-order valence-corrected chi connectivity index (χ4v) is 1.95. The molecule has 0 aliphatic heterocycles. The predicted molar refractivity (Wildman–Crippen MR) is 74.0 cm³/mol. The van der Waals surface area contributed by atoms with Crippen molar-refractivity contribution in [2.75, 3.05) is 7.11 Å². The van der Waals surface area contributed by atoms with Crippen LogP contribution in [-0.4, -0.2) is 34.3 Å². The normalized spacial score (nSPS) is 12.5. The first kappa shape index (κ1) is 16.4. The van der Waals surface area contributed by atoms with Gasteiger partial charge in [-0.1, -0.05) is 13.8 Å². The van der Waals surface area contributed by atoms with E-state index in [1.165, 1.54) is 13.3 Å². The number of methoxy groups -OCH3 is 1. The minimum absolute atomic E-state index is 0.0384. The van der Waals surface area contributed by atoms with Gasteiger partial charge in [0.25, 0.3) is 0 Å². The maximum absolute atomic E-state index is 11.7. The van der Waals surface area contributed by atoms with Crippen LogP contribution in [0.1, 0.15) is 30.7 Å². The van der Waals surface area contributed by atoms with Crippen LogP contribution in [0.15, 0.2) is 6.20 Å². The van der Waals surface area contributed by atoms with Crippen molar-refractivity contribution >= 4 is 5.97 Å². The first-order chi connectivity index (χ1) is 9.42. The van der Waals surface area contributed by atoms with Crippen molar-refractivity contribution in [2.24, 2.45) is 5.92 Å². The van der Waals surface area contributed by atoms with E-state index in [-0.39, 0.29) is 30.8 Å². The Balaban J connectivity index is 2.93. The molecule has 0 bridgehead atoms. The average molecular weight is 282 g/mol. The number of hydrogen-bond donors (Lipinski definition) is 3. The first-order valence-electron chi connectivity index (χ1n) is 6.50. The Kier molecular flexibility index (Phi) is 5.91. The SMILES string of the molecule is COC(=O)[C@@H](NCc1c(CO)cnc(C)c1O)C(C)C. The van der Waals surface area contributed by atoms with Crippen LogP contribution in [0, 0.1) is 12.8 Å². The Hall–Kier alpha value is -1.66. The van der Waals surface area contributed by atoms with Gasteiger partial charge in [-0.05, 0) is 12.8 Å². The van der Waals surface area contributed by atoms with Crippen molar-refractivity contribution in [2.45, 2.75) is 40.0 Å². The number of aryl methyl sites for hydroxylation is 1. The van der Waals surface area contributed by atoms with Crippen molar-refractivity contribution in [3.05, 3.63) is 23.0 Å². The van der Waals surface area contributed by atoms with E-state index in [9.17, 15) is 15.0 Å². The molecule has 1 atom stereocenters. The average Bonchev–Trinajstić information content (AvgIpc) is 2.42. The van der Waals surface area contributed by atoms with E-state index in [4.69, 9.17) is 4.74 Å². The van der Waals surface area contributed by atoms with Crippen LogP contribution < -0.4 is 5.32 Å². The molecule has 0 fully saturated rings. The molecule has 0 saturated heterocycles. The first-order valence-corrected chi connectivity index (χ1v) is 6.50. The zero-order chi connectivity index (χ0) is 15.3. The third kappa shape index (κ3) is 3.68. The van der Waals surface area contributed by atoms with E-state index >= 15 is 0 Å². The van der Waals surface area contributed by atoms with Gasteiger partial charge < -0.3 is 14.9 Å². The largest absolute Gasteiger partial charge is 0.506 e. The highest BCUT2D eigenvalue weighted by atomic mass is 16.5. The molecule has 0 aliphatic rings. The number of aromatic nitrogens is 1. The Morgan fingerprint density at radius 2 is 2.15 bits per heavy atom. The lowest BCUT2D eigenvalue weighted by molar-refractivity contribution is -0.144. The zero-order valence-electron chi connectivity index (χ0n) is 12.3. The quantitative estimate of drug-likeness (QED) is 0.671. The minimum atomic E-state index is -0.473. The standard InChI is InChI=1S/C14H22N2O4/c1-8(2)12(14(19)20-4)16-6-11-10(7-17)5-15-9(3)13(11)18/h5,8,12,16-18H,6-7H2,1-4H3/t12-/m0/s1. The smallest absolute Gasteiger partial charge is 0.323 e. The maximum atomic E-state index is 11.7. The van der Waals surface area contributed by atoms with Crippen LogP contribution in [0.25, 0.3) is 0 Å². The van der Waals surface area contributed by atoms with Crippen LogP contribution >= 0.6 is 0 Å². The van der Waals surface area contributed by atoms with Crippen molar-refractivity contribution < 1.29 is 19.7 Å². The van der Waals surface area contributed by atoms with Gasteiger partial charge in [0.15, 0.2) is 0 Å². The van der Waals surface area contributed by atoms with Gasteiger partial charge in [-0.25, -0.2) is 0 Å². The predicted octanol–water partition coefficient (Wildman–Crippen LogP) is 0.875. The van der Waals surface area contributed by atoms with Crippen molar-refractivity contribution in [1.29, 1.82) is 0 Å². The highest BCUT2D eigenvalue weighted by Crippen LogP contribution is 2.24. The van der Waals surface area contributed by atoms with Gasteiger partial charge in [0, 0.05) is 23.9 Å². The summed E-state index contributed by atoms with van der Waals surface area (Å²) < 4.78 is 4.75. The van der Waals surface area contributed by atoms with Crippen LogP contribution in [0.4, 0.5) is 0 Å². The number of carbonyl (C=O) groups is 1. The van der Waals surface area contributed by atoms with Gasteiger partial charge in [0.2, 0.25) is 0 Å². The van der Waals surface area contributed by atoms with E-state index in [0.29, 0.717) is 16.8 Å². The van der Waals surface area contributed by atoms with Crippen LogP contribution in [0.5, 0.6) is 5.75 Å². The Morgan fingerprint density at radius 1 is 1.50 bits per heavy atom. The third-order valence-electron chi connectivity index (χ3n) is 3.22. The zero-order valence-corrected chi connectivity index (χ0v) is 12.3. The number of nitrogens with zero attached hydrogens (tertiary/aromatic N) is 1. The van der Waals surface area contributed by atoms with Gasteiger partial charge in [-0.3, -0.25) is 15.1 Å². The van der Waals surface area contributed by atoms with E-state index in [1.807, 2.05) is 13.8 Å². The van der Waals surface area contributed by atoms with Crippen molar-refractivity contribution in [3.8, 4) is 5.75 Å². The molecule has 0 aliphatic carbocycles. The molecule has 3 N–H and O–H groups in total. The summed E-state index contributed by atoms with van der Waals surface area (Å²) in [6.45, 7) is 5.52. The van der Waals surface area contributed by atoms with Crippen molar-refractivity contribution in [3.63, 3.8) is 0 Å². The maximum Gasteiger partial charge on any atom is 0.323 e. The molecule has 112 valence electrons. The summed E-state index contributed by atoms with van der Waals surface area (Å²) in [7, 11) is 1.34. The molecule has 0 unspecified atom stereocenters. The lowest BCUT2D eigenvalue weighted by atomic mass is 10.0. The van der Waals surface area contributed by atoms with E-state index in [0.717, 1.165) is 0 Å². The lowest BCUT2D eigenvalue weighted by Crippen LogP contribution is -2.41. The molecule has 1 heterocycles. The molecule has 0 radical (unpaired) electrons. The number of aliphatic hydroxyl groups excluding tert-OH is 1. The number of carbonyl (C=O) groups excluding carboxylic acids is 1. The fraction of sp³-hybridized carbons (Fsp3) is 0.571. The summed E-state index contributed by atoms with van der Waals surface area (Å²) in [6, 6.07) is -0.473. The molecule has 6 nitrogen and oxygen atoms in total. The number of nitrogens with one attached hydrogen (secondary N) is 1. The molecule has 0 amide bonds. The van der Waals surface area contributed by atoms with Crippen LogP contribution in [0.3, 0.4) is 0 Å². The summed E-state index contributed by atoms with van der Waals surface area (Å²) in [5, 5.41) is 22.4. The van der Waals surface area contributed by atoms with Gasteiger partial charge in [0.1, 0.15) is 11.8 Å². The van der Waals surface area contributed by atoms with Crippen LogP contribution in [0.2, 0.25) is 0 Å². The second kappa shape index (κ2) is 7.21. The fourth-order valence-electron chi connectivity index (χ4n) is 1.95. The molecule has 0 aromatic carbocycles. The number of ether oxygens (including phenoxy) is 1. The molecule has 0 spiro atoms. The number of esters is 1. The summed E-state index contributed by atoms with van der Waals surface area (Å²) >= 11 is 0. The molecule has 1 aromatic rings. The summed E-state index contributed by atoms with van der Waals surface area (Å²) in [6.07, 6.45) is 1.52. The third-order valence-corrected chi connectivity index (χ3v) is 3.22. The number of aliphatic hydroxyl groups is 1. The second-order valence-electron chi connectivity index (χ2n) is 4.98. The summed E-state index contributed by atoms with van der Waals surface area (Å²) in [5.74, 6) is -0.266. The van der Waals surface area contributed by atoms with Crippen molar-refractivity contribution in [1.82, 2.24) is 10.3 Å². The number of pyridine rings is 1. The number of rotatable bonds is 6. The van der Waals surface area contributed by atoms with Gasteiger partial charge in [-0.2, -0.15) is 0 Å². The number of aromatic hydroxyl groups is 1. The Bertz CT molecular complexity index is 474. The van der Waals surface area contributed by atoms with Gasteiger partial charge in [-0.15, -0.1) is 0 Å². The molecule has 1 rings (SSSR count). The lowest BCUT2D eigenvalue weighted by Gasteiger charge is -2.21. The van der Waals surface area contributed by atoms with E-state index < -0.39 is 6.04 Å². The summed E-state index contributed by atoms with van der Waals surface area (Å²) in [4.78, 5) is 15.7. The minimum Gasteiger partial charge on any atom is -0.506 e. The molecule has 0 saturated carbocycles. The van der Waals surface area contributed by atoms with Gasteiger partial charge >= 0.3 is 5.97 Å². The van der Waals surface area contributed by atoms with Gasteiger partial charge in [0.05, 0.1) is 19.4 Å². The van der Waals surface area contributed by atoms with E-state index in [2.05, 4.69) is 10.3 Å². The molecule has 1 aromatic heterocycles. The second-order valence-corrected chi connectivity index (χ2v) is 4.98. The molecular formula is C14H22N2O4.